The number of rotatable bonds is 10. The molecule has 2 aromatic carbocycles. The molecule has 35 heavy (non-hydrogen) atoms. The summed E-state index contributed by atoms with van der Waals surface area (Å²) in [5, 5.41) is 2.70. The lowest BCUT2D eigenvalue weighted by Crippen LogP contribution is -2.25. The van der Waals surface area contributed by atoms with Crippen molar-refractivity contribution in [2.75, 3.05) is 20.3 Å². The molecular formula is C26H26F3NO4S. The Morgan fingerprint density at radius 1 is 0.971 bits per heavy atom. The average Bonchev–Trinajstić information content (AvgIpc) is 3.31. The van der Waals surface area contributed by atoms with Gasteiger partial charge in [-0.25, -0.2) is 0 Å². The number of alkyl halides is 3. The zero-order chi connectivity index (χ0) is 25.4. The number of carbonyl (C=O) groups excluding carboxylic acids is 2. The van der Waals surface area contributed by atoms with E-state index < -0.39 is 11.7 Å². The van der Waals surface area contributed by atoms with E-state index in [-0.39, 0.29) is 30.8 Å². The molecule has 1 heterocycles. The van der Waals surface area contributed by atoms with Gasteiger partial charge in [0.2, 0.25) is 0 Å². The molecule has 1 N–H and O–H groups in total. The molecule has 1 unspecified atom stereocenters. The second-order valence-corrected chi connectivity index (χ2v) is 9.24. The second-order valence-electron chi connectivity index (χ2n) is 8.07. The van der Waals surface area contributed by atoms with Gasteiger partial charge in [-0.15, -0.1) is 11.3 Å². The summed E-state index contributed by atoms with van der Waals surface area (Å²) in [7, 11) is 1.30. The number of hydrogen-bond donors (Lipinski definition) is 1. The molecule has 3 rings (SSSR count). The minimum Gasteiger partial charge on any atom is -0.493 e. The number of thiophene rings is 1. The second kappa shape index (κ2) is 11.9. The highest BCUT2D eigenvalue weighted by Crippen LogP contribution is 2.31. The summed E-state index contributed by atoms with van der Waals surface area (Å²) >= 11 is 1.40. The number of esters is 1. The van der Waals surface area contributed by atoms with E-state index in [2.05, 4.69) is 10.1 Å². The molecule has 1 amide bonds. The Bertz CT molecular complexity index is 1120. The smallest absolute Gasteiger partial charge is 0.416 e. The lowest BCUT2D eigenvalue weighted by Gasteiger charge is -2.13. The minimum atomic E-state index is -4.35. The number of ether oxygens (including phenoxy) is 2. The maximum absolute atomic E-state index is 12.7. The monoisotopic (exact) mass is 505 g/mol. The highest BCUT2D eigenvalue weighted by Gasteiger charge is 2.29. The van der Waals surface area contributed by atoms with Crippen LogP contribution in [-0.2, 0) is 22.1 Å². The minimum absolute atomic E-state index is 0.125. The fourth-order valence-corrected chi connectivity index (χ4v) is 4.40. The zero-order valence-corrected chi connectivity index (χ0v) is 20.2. The van der Waals surface area contributed by atoms with E-state index in [1.54, 1.807) is 18.2 Å². The third-order valence-electron chi connectivity index (χ3n) is 5.21. The number of benzene rings is 2. The van der Waals surface area contributed by atoms with Crippen LogP contribution < -0.4 is 10.1 Å². The van der Waals surface area contributed by atoms with Gasteiger partial charge in [0, 0.05) is 11.4 Å². The molecule has 0 saturated carbocycles. The van der Waals surface area contributed by atoms with Gasteiger partial charge in [-0.3, -0.25) is 9.59 Å². The average molecular weight is 506 g/mol. The Labute approximate surface area is 205 Å². The number of nitrogens with one attached hydrogen (secondary N) is 1. The van der Waals surface area contributed by atoms with Crippen molar-refractivity contribution in [1.29, 1.82) is 0 Å². The number of hydrogen-bond acceptors (Lipinski definition) is 5. The molecule has 0 saturated heterocycles. The van der Waals surface area contributed by atoms with Gasteiger partial charge < -0.3 is 14.8 Å². The van der Waals surface area contributed by atoms with E-state index in [9.17, 15) is 22.8 Å². The normalized spacial score (nSPS) is 12.1. The largest absolute Gasteiger partial charge is 0.493 e. The summed E-state index contributed by atoms with van der Waals surface area (Å²) in [6.45, 7) is 2.74. The van der Waals surface area contributed by atoms with Crippen LogP contribution in [0.15, 0.2) is 60.7 Å². The van der Waals surface area contributed by atoms with Crippen LogP contribution in [0.3, 0.4) is 0 Å². The third-order valence-corrected chi connectivity index (χ3v) is 6.32. The van der Waals surface area contributed by atoms with Crippen LogP contribution >= 0.6 is 11.3 Å². The fraction of sp³-hybridized carbons (Fsp3) is 0.308. The van der Waals surface area contributed by atoms with Crippen molar-refractivity contribution in [3.05, 3.63) is 76.0 Å². The summed E-state index contributed by atoms with van der Waals surface area (Å²) < 4.78 is 48.6. The standard InChI is InChI=1S/C26H26F3NO4S/c1-17(15-22-11-12-23(35-22)25(32)30-14-13-24(31)33-2)16-34-21-9-5-19(6-10-21)18-3-7-20(8-4-18)26(27,28)29/h3-12,17H,13-16H2,1-2H3,(H,30,32). The number of carbonyl (C=O) groups is 2. The van der Waals surface area contributed by atoms with Crippen molar-refractivity contribution in [3.63, 3.8) is 0 Å². The molecule has 3 aromatic rings. The lowest BCUT2D eigenvalue weighted by atomic mass is 10.0. The Morgan fingerprint density at radius 3 is 2.20 bits per heavy atom. The predicted octanol–water partition coefficient (Wildman–Crippen LogP) is 5.98. The van der Waals surface area contributed by atoms with Crippen LogP contribution in [0.1, 0.15) is 33.5 Å². The first kappa shape index (κ1) is 26.3. The predicted molar refractivity (Wildman–Crippen MR) is 129 cm³/mol. The topological polar surface area (TPSA) is 64.6 Å². The quantitative estimate of drug-likeness (QED) is 0.344. The molecule has 0 radical (unpaired) electrons. The first-order valence-corrected chi connectivity index (χ1v) is 11.8. The number of amides is 1. The van der Waals surface area contributed by atoms with E-state index in [0.29, 0.717) is 22.8 Å². The van der Waals surface area contributed by atoms with Crippen LogP contribution in [-0.4, -0.2) is 32.1 Å². The number of methoxy groups -OCH3 is 1. The number of halogens is 3. The van der Waals surface area contributed by atoms with Gasteiger partial charge in [0.15, 0.2) is 0 Å². The highest BCUT2D eigenvalue weighted by molar-refractivity contribution is 7.14. The van der Waals surface area contributed by atoms with E-state index in [4.69, 9.17) is 4.74 Å². The molecule has 0 fully saturated rings. The molecule has 0 bridgehead atoms. The van der Waals surface area contributed by atoms with Gasteiger partial charge >= 0.3 is 12.1 Å². The van der Waals surface area contributed by atoms with Gasteiger partial charge in [-0.2, -0.15) is 13.2 Å². The summed E-state index contributed by atoms with van der Waals surface area (Å²) in [6, 6.07) is 15.9. The summed E-state index contributed by atoms with van der Waals surface area (Å²) in [5.74, 6) is 0.269. The molecule has 0 aliphatic rings. The van der Waals surface area contributed by atoms with Gasteiger partial charge in [-0.1, -0.05) is 31.2 Å². The SMILES string of the molecule is COC(=O)CCNC(=O)c1ccc(CC(C)COc2ccc(-c3ccc(C(F)(F)F)cc3)cc2)s1. The van der Waals surface area contributed by atoms with E-state index in [0.717, 1.165) is 29.0 Å². The Balaban J connectivity index is 1.46. The summed E-state index contributed by atoms with van der Waals surface area (Å²) in [5.41, 5.74) is 0.822. The fourth-order valence-electron chi connectivity index (χ4n) is 3.31. The first-order chi connectivity index (χ1) is 16.7. The highest BCUT2D eigenvalue weighted by atomic mass is 32.1. The van der Waals surface area contributed by atoms with Gasteiger partial charge in [0.1, 0.15) is 5.75 Å². The molecule has 0 aliphatic carbocycles. The summed E-state index contributed by atoms with van der Waals surface area (Å²) in [6.07, 6.45) is -3.49. The van der Waals surface area contributed by atoms with Crippen LogP contribution in [0.4, 0.5) is 13.2 Å². The molecule has 186 valence electrons. The van der Waals surface area contributed by atoms with Crippen LogP contribution in [0.25, 0.3) is 11.1 Å². The Hall–Kier alpha value is -3.33. The first-order valence-electron chi connectivity index (χ1n) is 11.0. The van der Waals surface area contributed by atoms with Gasteiger partial charge in [-0.05, 0) is 59.9 Å². The molecule has 1 aromatic heterocycles. The lowest BCUT2D eigenvalue weighted by molar-refractivity contribution is -0.140. The van der Waals surface area contributed by atoms with Crippen molar-refractivity contribution < 1.29 is 32.2 Å². The summed E-state index contributed by atoms with van der Waals surface area (Å²) in [4.78, 5) is 24.9. The van der Waals surface area contributed by atoms with Crippen molar-refractivity contribution >= 4 is 23.2 Å². The molecular weight excluding hydrogens is 479 g/mol. The zero-order valence-electron chi connectivity index (χ0n) is 19.4. The van der Waals surface area contributed by atoms with E-state index in [1.165, 1.54) is 30.6 Å². The molecule has 5 nitrogen and oxygen atoms in total. The maximum atomic E-state index is 12.7. The molecule has 9 heteroatoms. The van der Waals surface area contributed by atoms with E-state index in [1.807, 2.05) is 25.1 Å². The molecule has 1 atom stereocenters. The maximum Gasteiger partial charge on any atom is 0.416 e. The van der Waals surface area contributed by atoms with Crippen LogP contribution in [0.5, 0.6) is 5.75 Å². The van der Waals surface area contributed by atoms with Gasteiger partial charge in [0.05, 0.1) is 30.6 Å². The van der Waals surface area contributed by atoms with Crippen molar-refractivity contribution in [3.8, 4) is 16.9 Å². The Kier molecular flexibility index (Phi) is 8.92. The van der Waals surface area contributed by atoms with Crippen LogP contribution in [0, 0.1) is 5.92 Å². The third kappa shape index (κ3) is 7.85. The van der Waals surface area contributed by atoms with Crippen molar-refractivity contribution in [2.24, 2.45) is 5.92 Å². The molecule has 0 spiro atoms. The molecule has 0 aliphatic heterocycles. The van der Waals surface area contributed by atoms with Crippen LogP contribution in [0.2, 0.25) is 0 Å². The van der Waals surface area contributed by atoms with Crippen molar-refractivity contribution in [1.82, 2.24) is 5.32 Å². The van der Waals surface area contributed by atoms with E-state index >= 15 is 0 Å². The van der Waals surface area contributed by atoms with Gasteiger partial charge in [0.25, 0.3) is 5.91 Å². The Morgan fingerprint density at radius 2 is 1.60 bits per heavy atom. The van der Waals surface area contributed by atoms with Crippen molar-refractivity contribution in [2.45, 2.75) is 25.9 Å².